The molecule has 2 aliphatic heterocycles. The van der Waals surface area contributed by atoms with Gasteiger partial charge < -0.3 is 14.5 Å². The number of likely N-dealkylation sites (tertiary alicyclic amines) is 1. The molecule has 31 heavy (non-hydrogen) atoms. The number of amides is 2. The number of piperazine rings is 1. The smallest absolute Gasteiger partial charge is 0.273 e. The van der Waals surface area contributed by atoms with Crippen LogP contribution in [0.15, 0.2) is 5.38 Å². The van der Waals surface area contributed by atoms with Gasteiger partial charge in [0.15, 0.2) is 0 Å². The van der Waals surface area contributed by atoms with Gasteiger partial charge in [0.1, 0.15) is 5.69 Å². The number of methoxy groups -OCH3 is 1. The van der Waals surface area contributed by atoms with Crippen molar-refractivity contribution in [2.75, 3.05) is 59.5 Å². The van der Waals surface area contributed by atoms with Crippen LogP contribution < -0.4 is 0 Å². The maximum Gasteiger partial charge on any atom is 0.273 e. The molecule has 4 rings (SSSR count). The quantitative estimate of drug-likeness (QED) is 0.670. The van der Waals surface area contributed by atoms with Crippen LogP contribution in [0.1, 0.15) is 66.4 Å². The van der Waals surface area contributed by atoms with Crippen molar-refractivity contribution in [3.63, 3.8) is 0 Å². The second-order valence-corrected chi connectivity index (χ2v) is 10.0. The van der Waals surface area contributed by atoms with E-state index < -0.39 is 0 Å². The zero-order chi connectivity index (χ0) is 21.6. The maximum absolute atomic E-state index is 12.9. The molecule has 3 heterocycles. The van der Waals surface area contributed by atoms with E-state index in [2.05, 4.69) is 9.80 Å². The highest BCUT2D eigenvalue weighted by Crippen LogP contribution is 2.33. The monoisotopic (exact) mass is 448 g/mol. The second kappa shape index (κ2) is 10.9. The van der Waals surface area contributed by atoms with Crippen molar-refractivity contribution in [3.05, 3.63) is 16.1 Å². The fraction of sp³-hybridized carbons (Fsp3) is 0.783. The molecule has 0 spiro atoms. The first kappa shape index (κ1) is 22.7. The van der Waals surface area contributed by atoms with E-state index in [-0.39, 0.29) is 11.8 Å². The molecule has 0 aromatic carbocycles. The van der Waals surface area contributed by atoms with Gasteiger partial charge in [-0.05, 0) is 25.7 Å². The highest BCUT2D eigenvalue weighted by atomic mass is 32.1. The number of aromatic nitrogens is 1. The minimum atomic E-state index is 0.0544. The Hall–Kier alpha value is -1.51. The second-order valence-electron chi connectivity index (χ2n) is 9.13. The van der Waals surface area contributed by atoms with Gasteiger partial charge in [0.05, 0.1) is 11.6 Å². The lowest BCUT2D eigenvalue weighted by Gasteiger charge is -2.34. The first-order chi connectivity index (χ1) is 15.2. The molecule has 7 nitrogen and oxygen atoms in total. The van der Waals surface area contributed by atoms with Crippen LogP contribution >= 0.6 is 11.3 Å². The maximum atomic E-state index is 12.9. The fourth-order valence-corrected chi connectivity index (χ4v) is 6.05. The third-order valence-electron chi connectivity index (χ3n) is 7.12. The predicted molar refractivity (Wildman–Crippen MR) is 121 cm³/mol. The summed E-state index contributed by atoms with van der Waals surface area (Å²) in [5.74, 6) is 1.05. The molecule has 1 saturated carbocycles. The van der Waals surface area contributed by atoms with Gasteiger partial charge in [-0.25, -0.2) is 4.98 Å². The van der Waals surface area contributed by atoms with Gasteiger partial charge in [-0.1, -0.05) is 19.3 Å². The van der Waals surface area contributed by atoms with Gasteiger partial charge in [0.2, 0.25) is 5.91 Å². The number of piperidine rings is 1. The number of ether oxygens (including phenoxy) is 1. The van der Waals surface area contributed by atoms with Crippen molar-refractivity contribution >= 4 is 23.2 Å². The van der Waals surface area contributed by atoms with Gasteiger partial charge >= 0.3 is 0 Å². The van der Waals surface area contributed by atoms with E-state index in [4.69, 9.17) is 9.72 Å². The van der Waals surface area contributed by atoms with E-state index in [0.29, 0.717) is 17.5 Å². The summed E-state index contributed by atoms with van der Waals surface area (Å²) >= 11 is 1.61. The first-order valence-electron chi connectivity index (χ1n) is 11.9. The summed E-state index contributed by atoms with van der Waals surface area (Å²) in [6, 6.07) is 0. The lowest BCUT2D eigenvalue weighted by atomic mass is 9.87. The summed E-state index contributed by atoms with van der Waals surface area (Å²) in [4.78, 5) is 36.8. The minimum absolute atomic E-state index is 0.0544. The molecule has 0 radical (unpaired) electrons. The van der Waals surface area contributed by atoms with Crippen LogP contribution in [0.2, 0.25) is 0 Å². The van der Waals surface area contributed by atoms with Crippen molar-refractivity contribution in [1.29, 1.82) is 0 Å². The van der Waals surface area contributed by atoms with Crippen LogP contribution in [-0.4, -0.2) is 91.0 Å². The Morgan fingerprint density at radius 3 is 2.39 bits per heavy atom. The summed E-state index contributed by atoms with van der Waals surface area (Å²) in [5.41, 5.74) is 0.589. The summed E-state index contributed by atoms with van der Waals surface area (Å²) < 4.78 is 5.15. The van der Waals surface area contributed by atoms with Crippen LogP contribution in [0.25, 0.3) is 0 Å². The summed E-state index contributed by atoms with van der Waals surface area (Å²) in [6.07, 6.45) is 7.72. The molecule has 1 aromatic heterocycles. The molecule has 1 aliphatic carbocycles. The molecular formula is C23H36N4O3S. The van der Waals surface area contributed by atoms with E-state index in [1.165, 1.54) is 19.3 Å². The molecule has 0 bridgehead atoms. The topological polar surface area (TPSA) is 66.0 Å². The molecule has 2 amide bonds. The Morgan fingerprint density at radius 2 is 1.71 bits per heavy atom. The van der Waals surface area contributed by atoms with Crippen molar-refractivity contribution < 1.29 is 14.3 Å². The van der Waals surface area contributed by atoms with Gasteiger partial charge in [0, 0.05) is 70.1 Å². The zero-order valence-corrected chi connectivity index (χ0v) is 19.6. The van der Waals surface area contributed by atoms with E-state index in [1.807, 2.05) is 10.3 Å². The number of hydrogen-bond donors (Lipinski definition) is 0. The van der Waals surface area contributed by atoms with Gasteiger partial charge in [0.25, 0.3) is 5.91 Å². The molecule has 0 atom stereocenters. The SMILES string of the molecule is COCCN1CCN(C(=O)c2csc(C3CCN(C(=O)C4CCCCC4)CC3)n2)CC1. The van der Waals surface area contributed by atoms with Crippen molar-refractivity contribution in [2.24, 2.45) is 5.92 Å². The number of carbonyl (C=O) groups is 2. The summed E-state index contributed by atoms with van der Waals surface area (Å²) in [7, 11) is 1.72. The summed E-state index contributed by atoms with van der Waals surface area (Å²) in [5, 5.41) is 2.99. The van der Waals surface area contributed by atoms with Crippen molar-refractivity contribution in [3.8, 4) is 0 Å². The van der Waals surface area contributed by atoms with Crippen molar-refractivity contribution in [1.82, 2.24) is 19.7 Å². The third kappa shape index (κ3) is 5.65. The van der Waals surface area contributed by atoms with E-state index in [0.717, 1.165) is 83.1 Å². The average molecular weight is 449 g/mol. The third-order valence-corrected chi connectivity index (χ3v) is 8.13. The number of thiazole rings is 1. The Labute approximate surface area is 189 Å². The van der Waals surface area contributed by atoms with Gasteiger partial charge in [-0.15, -0.1) is 11.3 Å². The molecule has 172 valence electrons. The molecule has 8 heteroatoms. The Bertz CT molecular complexity index is 733. The molecule has 1 aromatic rings. The summed E-state index contributed by atoms with van der Waals surface area (Å²) in [6.45, 7) is 6.57. The molecular weight excluding hydrogens is 412 g/mol. The van der Waals surface area contributed by atoms with Crippen molar-refractivity contribution in [2.45, 2.75) is 50.9 Å². The molecule has 2 saturated heterocycles. The number of hydrogen-bond acceptors (Lipinski definition) is 6. The normalized spacial score (nSPS) is 22.1. The fourth-order valence-electron chi connectivity index (χ4n) is 5.08. The Balaban J connectivity index is 1.25. The number of rotatable bonds is 6. The number of carbonyl (C=O) groups excluding carboxylic acids is 2. The first-order valence-corrected chi connectivity index (χ1v) is 12.8. The average Bonchev–Trinajstić information content (AvgIpc) is 3.33. The Morgan fingerprint density at radius 1 is 1.00 bits per heavy atom. The molecule has 3 aliphatic rings. The lowest BCUT2D eigenvalue weighted by Crippen LogP contribution is -2.49. The van der Waals surface area contributed by atoms with E-state index in [9.17, 15) is 9.59 Å². The predicted octanol–water partition coefficient (Wildman–Crippen LogP) is 2.83. The van der Waals surface area contributed by atoms with Crippen LogP contribution in [0.3, 0.4) is 0 Å². The highest BCUT2D eigenvalue weighted by molar-refractivity contribution is 7.09. The van der Waals surface area contributed by atoms with Crippen LogP contribution in [0, 0.1) is 5.92 Å². The van der Waals surface area contributed by atoms with E-state index >= 15 is 0 Å². The van der Waals surface area contributed by atoms with Crippen LogP contribution in [-0.2, 0) is 9.53 Å². The zero-order valence-electron chi connectivity index (χ0n) is 18.8. The standard InChI is InChI=1S/C23H36N4O3S/c1-30-16-15-25-11-13-27(14-12-25)23(29)20-17-31-21(24-20)18-7-9-26(10-8-18)22(28)19-5-3-2-4-6-19/h17-19H,2-16H2,1H3. The van der Waals surface area contributed by atoms with Gasteiger partial charge in [-0.2, -0.15) is 0 Å². The van der Waals surface area contributed by atoms with Gasteiger partial charge in [-0.3, -0.25) is 14.5 Å². The largest absolute Gasteiger partial charge is 0.383 e. The minimum Gasteiger partial charge on any atom is -0.383 e. The van der Waals surface area contributed by atoms with E-state index in [1.54, 1.807) is 18.4 Å². The Kier molecular flexibility index (Phi) is 7.96. The molecule has 0 N–H and O–H groups in total. The van der Waals surface area contributed by atoms with Crippen LogP contribution in [0.4, 0.5) is 0 Å². The molecule has 0 unspecified atom stereocenters. The lowest BCUT2D eigenvalue weighted by molar-refractivity contribution is -0.137. The number of nitrogens with zero attached hydrogens (tertiary/aromatic N) is 4. The molecule has 3 fully saturated rings. The highest BCUT2D eigenvalue weighted by Gasteiger charge is 2.31. The van der Waals surface area contributed by atoms with Crippen LogP contribution in [0.5, 0.6) is 0 Å².